The molecule has 1 fully saturated rings. The van der Waals surface area contributed by atoms with Crippen molar-refractivity contribution in [3.63, 3.8) is 0 Å². The minimum Gasteiger partial charge on any atom is -0.311 e. The maximum atomic E-state index is 14.0. The summed E-state index contributed by atoms with van der Waals surface area (Å²) < 4.78 is 14.0. The molecule has 21 heavy (non-hydrogen) atoms. The molecule has 0 amide bonds. The van der Waals surface area contributed by atoms with Gasteiger partial charge in [0.15, 0.2) is 0 Å². The average molecular weight is 292 g/mol. The lowest BCUT2D eigenvalue weighted by molar-refractivity contribution is 0.0808. The molecular formula is C18H29FN2. The van der Waals surface area contributed by atoms with Crippen LogP contribution in [0.3, 0.4) is 0 Å². The number of nitrogens with one attached hydrogen (secondary N) is 1. The quantitative estimate of drug-likeness (QED) is 0.857. The fourth-order valence-electron chi connectivity index (χ4n) is 3.30. The summed E-state index contributed by atoms with van der Waals surface area (Å²) in [4.78, 5) is 2.49. The number of hydrogen-bond donors (Lipinski definition) is 1. The van der Waals surface area contributed by atoms with Crippen molar-refractivity contribution in [1.29, 1.82) is 0 Å². The zero-order valence-corrected chi connectivity index (χ0v) is 13.6. The van der Waals surface area contributed by atoms with Gasteiger partial charge in [-0.3, -0.25) is 4.90 Å². The fraction of sp³-hybridized carbons (Fsp3) is 0.667. The summed E-state index contributed by atoms with van der Waals surface area (Å²) in [5.74, 6) is 0.554. The van der Waals surface area contributed by atoms with Crippen LogP contribution in [0.4, 0.5) is 4.39 Å². The first kappa shape index (κ1) is 16.4. The van der Waals surface area contributed by atoms with Crippen LogP contribution in [0.15, 0.2) is 24.3 Å². The molecular weight excluding hydrogens is 263 g/mol. The standard InChI is InChI=1S/C18H29FN2/c1-4-8-16-13-21(18(11-20-16)14(3)5-2)12-15-9-6-7-10-17(15)19/h6-7,9-10,14,16,18,20H,4-5,8,11-13H2,1-3H3. The third-order valence-corrected chi connectivity index (χ3v) is 4.81. The number of rotatable bonds is 6. The topological polar surface area (TPSA) is 15.3 Å². The Bertz CT molecular complexity index is 435. The van der Waals surface area contributed by atoms with Gasteiger partial charge < -0.3 is 5.32 Å². The first-order chi connectivity index (χ1) is 10.2. The van der Waals surface area contributed by atoms with Gasteiger partial charge in [0.05, 0.1) is 0 Å². The van der Waals surface area contributed by atoms with Crippen LogP contribution in [0.1, 0.15) is 45.6 Å². The van der Waals surface area contributed by atoms with Crippen molar-refractivity contribution in [1.82, 2.24) is 10.2 Å². The van der Waals surface area contributed by atoms with E-state index in [0.29, 0.717) is 18.0 Å². The van der Waals surface area contributed by atoms with Crippen molar-refractivity contribution in [2.45, 2.75) is 58.7 Å². The van der Waals surface area contributed by atoms with E-state index >= 15 is 0 Å². The Labute approximate surface area is 128 Å². The number of nitrogens with zero attached hydrogens (tertiary/aromatic N) is 1. The van der Waals surface area contributed by atoms with E-state index in [0.717, 1.165) is 25.2 Å². The van der Waals surface area contributed by atoms with E-state index in [-0.39, 0.29) is 5.82 Å². The maximum Gasteiger partial charge on any atom is 0.127 e. The number of halogens is 1. The van der Waals surface area contributed by atoms with Crippen LogP contribution in [-0.4, -0.2) is 30.1 Å². The van der Waals surface area contributed by atoms with Gasteiger partial charge in [0.2, 0.25) is 0 Å². The molecule has 1 aromatic rings. The molecule has 3 heteroatoms. The highest BCUT2D eigenvalue weighted by molar-refractivity contribution is 5.17. The molecule has 3 unspecified atom stereocenters. The Morgan fingerprint density at radius 2 is 2.10 bits per heavy atom. The molecule has 1 heterocycles. The van der Waals surface area contributed by atoms with Crippen molar-refractivity contribution in [3.05, 3.63) is 35.6 Å². The highest BCUT2D eigenvalue weighted by atomic mass is 19.1. The molecule has 0 aliphatic carbocycles. The summed E-state index contributed by atoms with van der Waals surface area (Å²) >= 11 is 0. The van der Waals surface area contributed by atoms with E-state index in [2.05, 4.69) is 31.0 Å². The minimum atomic E-state index is -0.0778. The highest BCUT2D eigenvalue weighted by Gasteiger charge is 2.30. The van der Waals surface area contributed by atoms with Crippen LogP contribution < -0.4 is 5.32 Å². The Morgan fingerprint density at radius 1 is 1.33 bits per heavy atom. The van der Waals surface area contributed by atoms with E-state index in [1.54, 1.807) is 12.1 Å². The molecule has 3 atom stereocenters. The van der Waals surface area contributed by atoms with Crippen LogP contribution in [0.5, 0.6) is 0 Å². The van der Waals surface area contributed by atoms with Gasteiger partial charge >= 0.3 is 0 Å². The van der Waals surface area contributed by atoms with Crippen molar-refractivity contribution >= 4 is 0 Å². The lowest BCUT2D eigenvalue weighted by Gasteiger charge is -2.43. The van der Waals surface area contributed by atoms with Gasteiger partial charge in [0.25, 0.3) is 0 Å². The van der Waals surface area contributed by atoms with Crippen LogP contribution >= 0.6 is 0 Å². The number of benzene rings is 1. The van der Waals surface area contributed by atoms with Crippen molar-refractivity contribution in [3.8, 4) is 0 Å². The molecule has 0 aromatic heterocycles. The normalized spacial score (nSPS) is 25.0. The molecule has 1 saturated heterocycles. The summed E-state index contributed by atoms with van der Waals surface area (Å²) in [5, 5.41) is 3.68. The predicted molar refractivity (Wildman–Crippen MR) is 86.8 cm³/mol. The zero-order valence-electron chi connectivity index (χ0n) is 13.6. The van der Waals surface area contributed by atoms with Crippen LogP contribution in [-0.2, 0) is 6.54 Å². The van der Waals surface area contributed by atoms with Gasteiger partial charge in [0, 0.05) is 37.3 Å². The second kappa shape index (κ2) is 7.90. The maximum absolute atomic E-state index is 14.0. The minimum absolute atomic E-state index is 0.0778. The third kappa shape index (κ3) is 4.27. The smallest absolute Gasteiger partial charge is 0.127 e. The lowest BCUT2D eigenvalue weighted by Crippen LogP contribution is -2.58. The summed E-state index contributed by atoms with van der Waals surface area (Å²) in [7, 11) is 0. The van der Waals surface area contributed by atoms with Crippen LogP contribution in [0, 0.1) is 11.7 Å². The Morgan fingerprint density at radius 3 is 2.76 bits per heavy atom. The summed E-state index contributed by atoms with van der Waals surface area (Å²) in [6.45, 7) is 9.55. The second-order valence-corrected chi connectivity index (χ2v) is 6.37. The molecule has 118 valence electrons. The molecule has 0 radical (unpaired) electrons. The van der Waals surface area contributed by atoms with Gasteiger partial charge in [-0.2, -0.15) is 0 Å². The van der Waals surface area contributed by atoms with Crippen LogP contribution in [0.2, 0.25) is 0 Å². The van der Waals surface area contributed by atoms with E-state index in [1.807, 2.05) is 12.1 Å². The van der Waals surface area contributed by atoms with E-state index in [1.165, 1.54) is 19.3 Å². The third-order valence-electron chi connectivity index (χ3n) is 4.81. The van der Waals surface area contributed by atoms with Crippen molar-refractivity contribution in [2.75, 3.05) is 13.1 Å². The monoisotopic (exact) mass is 292 g/mol. The molecule has 2 nitrogen and oxygen atoms in total. The molecule has 2 rings (SSSR count). The lowest BCUT2D eigenvalue weighted by atomic mass is 9.93. The average Bonchev–Trinajstić information content (AvgIpc) is 2.49. The van der Waals surface area contributed by atoms with E-state index in [4.69, 9.17) is 0 Å². The van der Waals surface area contributed by atoms with Crippen molar-refractivity contribution in [2.24, 2.45) is 5.92 Å². The van der Waals surface area contributed by atoms with E-state index in [9.17, 15) is 4.39 Å². The molecule has 0 spiro atoms. The summed E-state index contributed by atoms with van der Waals surface area (Å²) in [5.41, 5.74) is 0.822. The zero-order chi connectivity index (χ0) is 15.2. The summed E-state index contributed by atoms with van der Waals surface area (Å²) in [6.07, 6.45) is 3.55. The Balaban J connectivity index is 2.11. The number of hydrogen-bond acceptors (Lipinski definition) is 2. The van der Waals surface area contributed by atoms with Crippen molar-refractivity contribution < 1.29 is 4.39 Å². The van der Waals surface area contributed by atoms with Gasteiger partial charge in [-0.1, -0.05) is 51.8 Å². The summed E-state index contributed by atoms with van der Waals surface area (Å²) in [6, 6.07) is 8.23. The van der Waals surface area contributed by atoms with Gasteiger partial charge in [-0.15, -0.1) is 0 Å². The first-order valence-corrected chi connectivity index (χ1v) is 8.36. The Hall–Kier alpha value is -0.930. The Kier molecular flexibility index (Phi) is 6.19. The van der Waals surface area contributed by atoms with Crippen LogP contribution in [0.25, 0.3) is 0 Å². The number of piperazine rings is 1. The molecule has 0 saturated carbocycles. The molecule has 1 aliphatic heterocycles. The highest BCUT2D eigenvalue weighted by Crippen LogP contribution is 2.22. The van der Waals surface area contributed by atoms with E-state index < -0.39 is 0 Å². The fourth-order valence-corrected chi connectivity index (χ4v) is 3.30. The molecule has 1 aliphatic rings. The second-order valence-electron chi connectivity index (χ2n) is 6.37. The molecule has 0 bridgehead atoms. The van der Waals surface area contributed by atoms with Gasteiger partial charge in [-0.05, 0) is 18.4 Å². The molecule has 1 N–H and O–H groups in total. The predicted octanol–water partition coefficient (Wildman–Crippen LogP) is 3.81. The molecule has 1 aromatic carbocycles. The first-order valence-electron chi connectivity index (χ1n) is 8.36. The van der Waals surface area contributed by atoms with Gasteiger partial charge in [0.1, 0.15) is 5.82 Å². The van der Waals surface area contributed by atoms with Gasteiger partial charge in [-0.25, -0.2) is 4.39 Å². The SMILES string of the molecule is CCCC1CN(Cc2ccccc2F)C(C(C)CC)CN1. The largest absolute Gasteiger partial charge is 0.311 e.